The summed E-state index contributed by atoms with van der Waals surface area (Å²) in [4.78, 5) is 23.2. The van der Waals surface area contributed by atoms with Gasteiger partial charge in [-0.25, -0.2) is 4.79 Å². The van der Waals surface area contributed by atoms with E-state index in [0.717, 1.165) is 5.57 Å². The molecule has 1 fully saturated rings. The molecule has 1 heterocycles. The SMILES string of the molecule is C=C(C)C(=O)OC1CC2(C)C(C)=C1C1CC(=O)OC12. The van der Waals surface area contributed by atoms with Crippen molar-refractivity contribution in [2.75, 3.05) is 0 Å². The van der Waals surface area contributed by atoms with Crippen LogP contribution in [0.4, 0.5) is 0 Å². The molecule has 19 heavy (non-hydrogen) atoms. The van der Waals surface area contributed by atoms with E-state index in [4.69, 9.17) is 9.47 Å². The number of esters is 2. The van der Waals surface area contributed by atoms with Gasteiger partial charge in [0, 0.05) is 23.3 Å². The highest BCUT2D eigenvalue weighted by molar-refractivity contribution is 5.87. The molecular formula is C15H18O4. The van der Waals surface area contributed by atoms with Crippen molar-refractivity contribution in [1.29, 1.82) is 0 Å². The molecule has 0 spiro atoms. The maximum atomic E-state index is 11.7. The fourth-order valence-electron chi connectivity index (χ4n) is 3.81. The highest BCUT2D eigenvalue weighted by Crippen LogP contribution is 2.61. The Kier molecular flexibility index (Phi) is 2.43. The Hall–Kier alpha value is -1.58. The van der Waals surface area contributed by atoms with E-state index in [9.17, 15) is 9.59 Å². The summed E-state index contributed by atoms with van der Waals surface area (Å²) in [6.07, 6.45) is 0.843. The number of carbonyl (C=O) groups excluding carboxylic acids is 2. The average Bonchev–Trinajstić information content (AvgIpc) is 2.86. The van der Waals surface area contributed by atoms with Crippen molar-refractivity contribution in [3.8, 4) is 0 Å². The van der Waals surface area contributed by atoms with Crippen molar-refractivity contribution < 1.29 is 19.1 Å². The molecule has 0 amide bonds. The second-order valence-corrected chi connectivity index (χ2v) is 6.10. The predicted octanol–water partition coefficient (Wildman–Crippen LogP) is 2.15. The molecule has 2 aliphatic carbocycles. The maximum absolute atomic E-state index is 11.7. The van der Waals surface area contributed by atoms with Crippen molar-refractivity contribution in [2.45, 2.75) is 45.8 Å². The van der Waals surface area contributed by atoms with Crippen LogP contribution in [0.1, 0.15) is 33.6 Å². The van der Waals surface area contributed by atoms with Crippen molar-refractivity contribution in [3.63, 3.8) is 0 Å². The molecule has 0 aromatic rings. The minimum atomic E-state index is -0.358. The normalized spacial score (nSPS) is 39.3. The van der Waals surface area contributed by atoms with E-state index in [1.807, 2.05) is 0 Å². The molecule has 4 nitrogen and oxygen atoms in total. The Labute approximate surface area is 112 Å². The van der Waals surface area contributed by atoms with E-state index in [0.29, 0.717) is 18.4 Å². The first-order valence-corrected chi connectivity index (χ1v) is 6.61. The topological polar surface area (TPSA) is 52.6 Å². The van der Waals surface area contributed by atoms with Crippen LogP contribution in [-0.2, 0) is 19.1 Å². The number of carbonyl (C=O) groups is 2. The minimum Gasteiger partial charge on any atom is -0.461 e. The van der Waals surface area contributed by atoms with Crippen molar-refractivity contribution in [1.82, 2.24) is 0 Å². The Morgan fingerprint density at radius 2 is 2.21 bits per heavy atom. The van der Waals surface area contributed by atoms with Gasteiger partial charge in [-0.3, -0.25) is 4.79 Å². The van der Waals surface area contributed by atoms with Gasteiger partial charge in [-0.2, -0.15) is 0 Å². The molecular weight excluding hydrogens is 244 g/mol. The lowest BCUT2D eigenvalue weighted by atomic mass is 9.74. The lowest BCUT2D eigenvalue weighted by Crippen LogP contribution is -2.40. The van der Waals surface area contributed by atoms with Gasteiger partial charge < -0.3 is 9.47 Å². The summed E-state index contributed by atoms with van der Waals surface area (Å²) in [5.74, 6) is -0.407. The highest BCUT2D eigenvalue weighted by Gasteiger charge is 2.62. The molecule has 4 heteroatoms. The molecule has 0 aromatic heterocycles. The third-order valence-electron chi connectivity index (χ3n) is 4.88. The van der Waals surface area contributed by atoms with Gasteiger partial charge in [-0.15, -0.1) is 0 Å². The van der Waals surface area contributed by atoms with Gasteiger partial charge in [0.25, 0.3) is 0 Å². The average molecular weight is 262 g/mol. The molecule has 0 radical (unpaired) electrons. The third kappa shape index (κ3) is 1.52. The molecule has 1 aliphatic heterocycles. The largest absolute Gasteiger partial charge is 0.461 e. The van der Waals surface area contributed by atoms with Gasteiger partial charge in [0.2, 0.25) is 0 Å². The van der Waals surface area contributed by atoms with Crippen LogP contribution in [0, 0.1) is 11.3 Å². The summed E-state index contributed by atoms with van der Waals surface area (Å²) in [6.45, 7) is 9.41. The maximum Gasteiger partial charge on any atom is 0.333 e. The molecule has 4 unspecified atom stereocenters. The zero-order valence-electron chi connectivity index (χ0n) is 11.5. The van der Waals surface area contributed by atoms with Gasteiger partial charge in [-0.1, -0.05) is 19.1 Å². The van der Waals surface area contributed by atoms with E-state index in [1.54, 1.807) is 6.92 Å². The van der Waals surface area contributed by atoms with Gasteiger partial charge in [0.05, 0.1) is 6.42 Å². The fourth-order valence-corrected chi connectivity index (χ4v) is 3.81. The summed E-state index contributed by atoms with van der Waals surface area (Å²) >= 11 is 0. The van der Waals surface area contributed by atoms with Crippen LogP contribution in [0.25, 0.3) is 0 Å². The monoisotopic (exact) mass is 262 g/mol. The lowest BCUT2D eigenvalue weighted by Gasteiger charge is -2.35. The molecule has 0 saturated carbocycles. The first kappa shape index (κ1) is 12.5. The number of hydrogen-bond donors (Lipinski definition) is 0. The van der Waals surface area contributed by atoms with E-state index in [2.05, 4.69) is 20.4 Å². The standard InChI is InChI=1S/C15H18O4/c1-7(2)14(17)18-10-6-15(4)8(3)12(10)9-5-11(16)19-13(9)15/h9-10,13H,1,5-6H2,2-4H3. The lowest BCUT2D eigenvalue weighted by molar-refractivity contribution is -0.150. The van der Waals surface area contributed by atoms with Gasteiger partial charge in [0.15, 0.2) is 0 Å². The second kappa shape index (κ2) is 3.71. The molecule has 102 valence electrons. The Balaban J connectivity index is 1.88. The fraction of sp³-hybridized carbons (Fsp3) is 0.600. The van der Waals surface area contributed by atoms with E-state index >= 15 is 0 Å². The van der Waals surface area contributed by atoms with Crippen molar-refractivity contribution >= 4 is 11.9 Å². The van der Waals surface area contributed by atoms with Gasteiger partial charge in [-0.05, 0) is 19.4 Å². The number of ether oxygens (including phenoxy) is 2. The van der Waals surface area contributed by atoms with E-state index in [-0.39, 0.29) is 35.5 Å². The van der Waals surface area contributed by atoms with Crippen LogP contribution < -0.4 is 0 Å². The smallest absolute Gasteiger partial charge is 0.333 e. The molecule has 3 rings (SSSR count). The first-order chi connectivity index (χ1) is 8.84. The second-order valence-electron chi connectivity index (χ2n) is 6.10. The molecule has 0 N–H and O–H groups in total. The van der Waals surface area contributed by atoms with Crippen LogP contribution in [0.15, 0.2) is 23.3 Å². The van der Waals surface area contributed by atoms with E-state index in [1.165, 1.54) is 5.57 Å². The quantitative estimate of drug-likeness (QED) is 0.434. The number of fused-ring (bicyclic) bond motifs is 4. The third-order valence-corrected chi connectivity index (χ3v) is 4.88. The number of hydrogen-bond acceptors (Lipinski definition) is 4. The van der Waals surface area contributed by atoms with Gasteiger partial charge in [0.1, 0.15) is 12.2 Å². The summed E-state index contributed by atoms with van der Waals surface area (Å²) in [7, 11) is 0. The van der Waals surface area contributed by atoms with Crippen LogP contribution in [0.2, 0.25) is 0 Å². The minimum absolute atomic E-state index is 0.0604. The number of rotatable bonds is 2. The zero-order chi connectivity index (χ0) is 13.9. The Bertz CT molecular complexity index is 530. The summed E-state index contributed by atoms with van der Waals surface area (Å²) in [5, 5.41) is 0. The molecule has 3 aliphatic rings. The molecule has 2 bridgehead atoms. The van der Waals surface area contributed by atoms with Crippen LogP contribution >= 0.6 is 0 Å². The molecule has 4 atom stereocenters. The van der Waals surface area contributed by atoms with E-state index < -0.39 is 0 Å². The predicted molar refractivity (Wildman–Crippen MR) is 68.1 cm³/mol. The Morgan fingerprint density at radius 3 is 2.84 bits per heavy atom. The van der Waals surface area contributed by atoms with Crippen LogP contribution in [-0.4, -0.2) is 24.1 Å². The first-order valence-electron chi connectivity index (χ1n) is 6.61. The Morgan fingerprint density at radius 1 is 1.53 bits per heavy atom. The summed E-state index contributed by atoms with van der Waals surface area (Å²) in [5.41, 5.74) is 2.57. The molecule has 1 saturated heterocycles. The molecule has 0 aromatic carbocycles. The summed E-state index contributed by atoms with van der Waals surface area (Å²) < 4.78 is 11.0. The van der Waals surface area contributed by atoms with Crippen molar-refractivity contribution in [3.05, 3.63) is 23.3 Å². The van der Waals surface area contributed by atoms with Crippen LogP contribution in [0.3, 0.4) is 0 Å². The summed E-state index contributed by atoms with van der Waals surface area (Å²) in [6, 6.07) is 0. The van der Waals surface area contributed by atoms with Gasteiger partial charge >= 0.3 is 11.9 Å². The van der Waals surface area contributed by atoms with Crippen molar-refractivity contribution in [2.24, 2.45) is 11.3 Å². The highest BCUT2D eigenvalue weighted by atomic mass is 16.6. The van der Waals surface area contributed by atoms with Crippen LogP contribution in [0.5, 0.6) is 0 Å². The zero-order valence-corrected chi connectivity index (χ0v) is 11.5.